The minimum absolute atomic E-state index is 0.870. The van der Waals surface area contributed by atoms with Gasteiger partial charge in [-0.2, -0.15) is 0 Å². The predicted molar refractivity (Wildman–Crippen MR) is 66.3 cm³/mol. The summed E-state index contributed by atoms with van der Waals surface area (Å²) in [5.41, 5.74) is 0. The lowest BCUT2D eigenvalue weighted by Crippen LogP contribution is -2.03. The van der Waals surface area contributed by atoms with Crippen molar-refractivity contribution in [1.29, 1.82) is 0 Å². The molecule has 0 aliphatic heterocycles. The third-order valence-corrected chi connectivity index (χ3v) is 2.83. The topological polar surface area (TPSA) is 0 Å². The average molecular weight is 197 g/mol. The van der Waals surface area contributed by atoms with Gasteiger partial charge in [-0.15, -0.1) is 0 Å². The molecule has 14 heavy (non-hydrogen) atoms. The van der Waals surface area contributed by atoms with Crippen LogP contribution in [0.1, 0.15) is 72.6 Å². The molecule has 0 saturated carbocycles. The maximum absolute atomic E-state index is 2.57. The third-order valence-electron chi connectivity index (χ3n) is 2.83. The van der Waals surface area contributed by atoms with Crippen LogP contribution < -0.4 is 0 Å². The van der Waals surface area contributed by atoms with Gasteiger partial charge in [0.15, 0.2) is 0 Å². The second-order valence-electron chi connectivity index (χ2n) is 4.90. The van der Waals surface area contributed by atoms with Crippen molar-refractivity contribution in [2.45, 2.75) is 72.6 Å². The first-order valence-corrected chi connectivity index (χ1v) is 6.54. The van der Waals surface area contributed by atoms with E-state index in [9.17, 15) is 0 Å². The SMILES string of the molecule is CCC[CH]C(CCCC)CCC(C)C. The summed E-state index contributed by atoms with van der Waals surface area (Å²) in [7, 11) is 0. The molecule has 1 radical (unpaired) electrons. The van der Waals surface area contributed by atoms with Crippen molar-refractivity contribution in [3.8, 4) is 0 Å². The maximum Gasteiger partial charge on any atom is -0.0355 e. The molecule has 1 atom stereocenters. The summed E-state index contributed by atoms with van der Waals surface area (Å²) < 4.78 is 0. The molecule has 0 heterocycles. The first kappa shape index (κ1) is 14.0. The molecule has 0 aliphatic rings. The van der Waals surface area contributed by atoms with Gasteiger partial charge in [0, 0.05) is 0 Å². The Bertz CT molecular complexity index is 96.6. The molecule has 0 aromatic rings. The normalized spacial score (nSPS) is 11.6. The van der Waals surface area contributed by atoms with E-state index < -0.39 is 0 Å². The molecule has 85 valence electrons. The van der Waals surface area contributed by atoms with Gasteiger partial charge in [-0.05, 0) is 24.7 Å². The van der Waals surface area contributed by atoms with Crippen molar-refractivity contribution in [3.63, 3.8) is 0 Å². The second kappa shape index (κ2) is 9.55. The number of unbranched alkanes of at least 4 members (excludes halogenated alkanes) is 2. The fraction of sp³-hybridized carbons (Fsp3) is 0.929. The zero-order valence-corrected chi connectivity index (χ0v) is 10.7. The molecule has 1 unspecified atom stereocenters. The Morgan fingerprint density at radius 1 is 0.929 bits per heavy atom. The monoisotopic (exact) mass is 197 g/mol. The Balaban J connectivity index is 3.60. The van der Waals surface area contributed by atoms with Crippen molar-refractivity contribution in [3.05, 3.63) is 6.42 Å². The molecule has 0 heteroatoms. The predicted octanol–water partition coefficient (Wildman–Crippen LogP) is 5.23. The van der Waals surface area contributed by atoms with Crippen LogP contribution >= 0.6 is 0 Å². The maximum atomic E-state index is 2.57. The van der Waals surface area contributed by atoms with Crippen molar-refractivity contribution in [1.82, 2.24) is 0 Å². The van der Waals surface area contributed by atoms with Gasteiger partial charge in [0.05, 0.1) is 0 Å². The minimum Gasteiger partial charge on any atom is -0.0654 e. The average Bonchev–Trinajstić information content (AvgIpc) is 2.16. The fourth-order valence-corrected chi connectivity index (χ4v) is 1.80. The highest BCUT2D eigenvalue weighted by Crippen LogP contribution is 2.22. The molecule has 0 rings (SSSR count). The Hall–Kier alpha value is 0. The Morgan fingerprint density at radius 2 is 1.64 bits per heavy atom. The molecule has 0 aromatic carbocycles. The molecule has 0 N–H and O–H groups in total. The van der Waals surface area contributed by atoms with E-state index in [0.29, 0.717) is 0 Å². The molecule has 0 amide bonds. The van der Waals surface area contributed by atoms with Gasteiger partial charge < -0.3 is 0 Å². The van der Waals surface area contributed by atoms with Crippen LogP contribution in [0, 0.1) is 18.3 Å². The van der Waals surface area contributed by atoms with Crippen LogP contribution in [-0.4, -0.2) is 0 Å². The highest BCUT2D eigenvalue weighted by molar-refractivity contribution is 4.76. The molecule has 0 aromatic heterocycles. The molecule has 0 nitrogen and oxygen atoms in total. The van der Waals surface area contributed by atoms with Crippen molar-refractivity contribution < 1.29 is 0 Å². The lowest BCUT2D eigenvalue weighted by Gasteiger charge is -2.17. The minimum atomic E-state index is 0.870. The van der Waals surface area contributed by atoms with Gasteiger partial charge >= 0.3 is 0 Å². The lowest BCUT2D eigenvalue weighted by atomic mass is 9.89. The fourth-order valence-electron chi connectivity index (χ4n) is 1.80. The summed E-state index contributed by atoms with van der Waals surface area (Å²) in [5.74, 6) is 1.77. The van der Waals surface area contributed by atoms with E-state index >= 15 is 0 Å². The highest BCUT2D eigenvalue weighted by atomic mass is 14.1. The van der Waals surface area contributed by atoms with Crippen molar-refractivity contribution in [2.75, 3.05) is 0 Å². The van der Waals surface area contributed by atoms with E-state index in [1.54, 1.807) is 0 Å². The van der Waals surface area contributed by atoms with E-state index in [2.05, 4.69) is 34.1 Å². The molecule has 0 aliphatic carbocycles. The zero-order chi connectivity index (χ0) is 10.8. The Kier molecular flexibility index (Phi) is 9.55. The van der Waals surface area contributed by atoms with Crippen LogP contribution in [0.15, 0.2) is 0 Å². The van der Waals surface area contributed by atoms with Gasteiger partial charge in [-0.3, -0.25) is 0 Å². The van der Waals surface area contributed by atoms with Crippen LogP contribution in [0.4, 0.5) is 0 Å². The third kappa shape index (κ3) is 8.59. The van der Waals surface area contributed by atoms with E-state index in [-0.39, 0.29) is 0 Å². The van der Waals surface area contributed by atoms with Gasteiger partial charge in [0.2, 0.25) is 0 Å². The van der Waals surface area contributed by atoms with Gasteiger partial charge in [-0.25, -0.2) is 0 Å². The summed E-state index contributed by atoms with van der Waals surface area (Å²) in [6.07, 6.45) is 12.2. The Labute approximate surface area is 91.5 Å². The van der Waals surface area contributed by atoms with Crippen LogP contribution in [-0.2, 0) is 0 Å². The summed E-state index contributed by atoms with van der Waals surface area (Å²) in [6, 6.07) is 0. The molecular formula is C14H29. The van der Waals surface area contributed by atoms with Gasteiger partial charge in [-0.1, -0.05) is 66.2 Å². The van der Waals surface area contributed by atoms with Gasteiger partial charge in [0.1, 0.15) is 0 Å². The van der Waals surface area contributed by atoms with Crippen LogP contribution in [0.3, 0.4) is 0 Å². The summed E-state index contributed by atoms with van der Waals surface area (Å²) >= 11 is 0. The van der Waals surface area contributed by atoms with Crippen molar-refractivity contribution >= 4 is 0 Å². The molecule has 0 spiro atoms. The first-order valence-electron chi connectivity index (χ1n) is 6.54. The van der Waals surface area contributed by atoms with Crippen molar-refractivity contribution in [2.24, 2.45) is 11.8 Å². The van der Waals surface area contributed by atoms with Crippen LogP contribution in [0.2, 0.25) is 0 Å². The largest absolute Gasteiger partial charge is 0.0654 e. The second-order valence-corrected chi connectivity index (χ2v) is 4.90. The van der Waals surface area contributed by atoms with Crippen LogP contribution in [0.25, 0.3) is 0 Å². The summed E-state index contributed by atoms with van der Waals surface area (Å²) in [5, 5.41) is 0. The number of rotatable bonds is 9. The van der Waals surface area contributed by atoms with E-state index in [4.69, 9.17) is 0 Å². The van der Waals surface area contributed by atoms with E-state index in [1.807, 2.05) is 0 Å². The molecule has 0 saturated heterocycles. The molecule has 0 fully saturated rings. The lowest BCUT2D eigenvalue weighted by molar-refractivity contribution is 0.420. The molecule has 0 bridgehead atoms. The van der Waals surface area contributed by atoms with Crippen LogP contribution in [0.5, 0.6) is 0 Å². The Morgan fingerprint density at radius 3 is 2.14 bits per heavy atom. The summed E-state index contributed by atoms with van der Waals surface area (Å²) in [6.45, 7) is 9.22. The van der Waals surface area contributed by atoms with Gasteiger partial charge in [0.25, 0.3) is 0 Å². The highest BCUT2D eigenvalue weighted by Gasteiger charge is 2.08. The van der Waals surface area contributed by atoms with E-state index in [1.165, 1.54) is 44.9 Å². The first-order chi connectivity index (χ1) is 6.70. The summed E-state index contributed by atoms with van der Waals surface area (Å²) in [4.78, 5) is 0. The number of hydrogen-bond acceptors (Lipinski definition) is 0. The quantitative estimate of drug-likeness (QED) is 0.474. The zero-order valence-electron chi connectivity index (χ0n) is 10.7. The standard InChI is InChI=1S/C14H29/c1-5-7-9-14(10-8-6-2)12-11-13(3)4/h9,13-14H,5-8,10-12H2,1-4H3. The smallest absolute Gasteiger partial charge is 0.0355 e. The molecular weight excluding hydrogens is 168 g/mol. The van der Waals surface area contributed by atoms with E-state index in [0.717, 1.165) is 11.8 Å². The number of hydrogen-bond donors (Lipinski definition) is 0.